The van der Waals surface area contributed by atoms with E-state index in [0.29, 0.717) is 37.4 Å². The minimum Gasteiger partial charge on any atom is -0.480 e. The average molecular weight is 1120 g/mol. The molecule has 2 heterocycles. The Labute approximate surface area is 435 Å². The molecule has 0 aliphatic carbocycles. The van der Waals surface area contributed by atoms with Crippen LogP contribution in [0, 0.1) is 57.7 Å². The van der Waals surface area contributed by atoms with E-state index < -0.39 is 35.9 Å². The summed E-state index contributed by atoms with van der Waals surface area (Å²) < 4.78 is 0. The Morgan fingerprint density at radius 2 is 1.26 bits per heavy atom. The summed E-state index contributed by atoms with van der Waals surface area (Å²) >= 11 is 1.66. The van der Waals surface area contributed by atoms with Crippen molar-refractivity contribution in [2.45, 2.75) is 72.4 Å². The number of carboxylic acid groups (broad SMARTS) is 3. The summed E-state index contributed by atoms with van der Waals surface area (Å²) in [5.41, 5.74) is 1.16. The molecule has 3 rings (SSSR count). The number of benzene rings is 1. The number of imide groups is 1. The monoisotopic (exact) mass is 1120 g/mol. The number of carbonyl (C=O) groups excluding carboxylic acids is 6. The van der Waals surface area contributed by atoms with Gasteiger partial charge in [0.2, 0.25) is 23.6 Å². The molecule has 0 saturated carbocycles. The van der Waals surface area contributed by atoms with Crippen molar-refractivity contribution in [1.82, 2.24) is 40.4 Å². The largest absolute Gasteiger partial charge is 0.480 e. The van der Waals surface area contributed by atoms with E-state index in [-0.39, 0.29) is 179 Å². The van der Waals surface area contributed by atoms with E-state index in [0.717, 1.165) is 22.6 Å². The first-order valence-electron chi connectivity index (χ1n) is 23.1. The quantitative estimate of drug-likeness (QED) is 0.0502. The van der Waals surface area contributed by atoms with Gasteiger partial charge < -0.3 is 36.6 Å². The number of likely N-dealkylation sites (tertiary alicyclic amines) is 1. The predicted molar refractivity (Wildman–Crippen MR) is 251 cm³/mol. The Hall–Kier alpha value is -3.84. The molecule has 0 bridgehead atoms. The molecule has 21 nitrogen and oxygen atoms in total. The van der Waals surface area contributed by atoms with Crippen LogP contribution in [0.25, 0.3) is 0 Å². The maximum absolute atomic E-state index is 13.8. The summed E-state index contributed by atoms with van der Waals surface area (Å²) in [4.78, 5) is 121. The van der Waals surface area contributed by atoms with Crippen LogP contribution in [0.3, 0.4) is 0 Å². The van der Waals surface area contributed by atoms with E-state index >= 15 is 0 Å². The molecule has 382 valence electrons. The Morgan fingerprint density at radius 1 is 0.750 bits per heavy atom. The summed E-state index contributed by atoms with van der Waals surface area (Å²) in [5, 5.41) is 39.7. The van der Waals surface area contributed by atoms with Gasteiger partial charge in [0.25, 0.3) is 0 Å². The van der Waals surface area contributed by atoms with Crippen molar-refractivity contribution < 1.29 is 98.4 Å². The van der Waals surface area contributed by atoms with Gasteiger partial charge in [-0.3, -0.25) is 62.9 Å². The molecule has 2 fully saturated rings. The second-order valence-corrected chi connectivity index (χ2v) is 18.5. The second-order valence-electron chi connectivity index (χ2n) is 17.3. The zero-order chi connectivity index (χ0) is 49.5. The standard InChI is InChI=1S/C45H71N9O12S.Gd/c1-5-22-67-23-11-36(37(55)25-35(31(3)6-2)43(64)46-12-13-54-39(57)24-32(4)44(54)65)49-45(66)48-34-9-7-33(8-10-34)26-47-38(56)27-50-14-16-51(28-40(58)59)18-20-53(30-42(62)63)21-19-52(17-15-50)29-41(60)61;/h7-10,31-32,35-36H,5-6,11-30H2,1-4H3,(H,46,64)(H,47,56)(H,58,59)(H,60,61)(H,62,63)(H2,48,49,66);/t31-,32?,35-,36-;/m0./s1. The molecule has 1 aromatic carbocycles. The fraction of sp³-hybridized carbons (Fsp3) is 0.667. The first-order valence-corrected chi connectivity index (χ1v) is 24.2. The van der Waals surface area contributed by atoms with Crippen LogP contribution in [0.2, 0.25) is 0 Å². The van der Waals surface area contributed by atoms with Gasteiger partial charge in [-0.1, -0.05) is 46.2 Å². The SMILES string of the molecule is CCCSCC[C@H](NC(=O)Nc1ccc(CNC(=O)CN2CCN(CC(=O)O)CCN(CC(=O)O)CCN(CC(=O)O)CC2)cc1)C(=O)C[C@H](C(=O)NCCN1C(=O)CC(C)C1=O)[C@@H](C)CC.[Gd]. The number of hydrogen-bond donors (Lipinski definition) is 7. The van der Waals surface area contributed by atoms with Gasteiger partial charge in [0.15, 0.2) is 5.78 Å². The number of rotatable bonds is 26. The first kappa shape index (κ1) is 60.3. The molecule has 2 aliphatic heterocycles. The number of amides is 6. The van der Waals surface area contributed by atoms with Crippen LogP contribution in [0.4, 0.5) is 10.5 Å². The van der Waals surface area contributed by atoms with Gasteiger partial charge in [0, 0.05) is 142 Å². The van der Waals surface area contributed by atoms with Crippen molar-refractivity contribution in [3.8, 4) is 0 Å². The molecule has 2 aliphatic rings. The molecule has 7 N–H and O–H groups in total. The molecule has 4 atom stereocenters. The molecule has 68 heavy (non-hydrogen) atoms. The number of nitrogens with zero attached hydrogens (tertiary/aromatic N) is 5. The topological polar surface area (TPSA) is 279 Å². The first-order chi connectivity index (χ1) is 31.9. The summed E-state index contributed by atoms with van der Waals surface area (Å²) in [6, 6.07) is 5.29. The van der Waals surface area contributed by atoms with Gasteiger partial charge in [-0.05, 0) is 48.0 Å². The Bertz CT molecular complexity index is 1820. The van der Waals surface area contributed by atoms with Gasteiger partial charge in [0.05, 0.1) is 32.2 Å². The number of nitrogens with one attached hydrogen (secondary N) is 4. The molecule has 6 amide bonds. The minimum atomic E-state index is -1.05. The Morgan fingerprint density at radius 3 is 1.72 bits per heavy atom. The normalized spacial score (nSPS) is 18.2. The third kappa shape index (κ3) is 22.7. The molecule has 2 saturated heterocycles. The van der Waals surface area contributed by atoms with Gasteiger partial charge >= 0.3 is 23.9 Å². The molecule has 0 aromatic heterocycles. The third-order valence-corrected chi connectivity index (χ3v) is 13.1. The van der Waals surface area contributed by atoms with Gasteiger partial charge in [-0.25, -0.2) is 4.79 Å². The fourth-order valence-corrected chi connectivity index (χ4v) is 8.63. The zero-order valence-corrected chi connectivity index (χ0v) is 42.8. The number of Topliss-reactive ketones (excluding diaryl/α,β-unsaturated/α-hetero) is 1. The van der Waals surface area contributed by atoms with Crippen LogP contribution >= 0.6 is 11.8 Å². The van der Waals surface area contributed by atoms with Crippen molar-refractivity contribution in [3.63, 3.8) is 0 Å². The number of urea groups is 1. The number of ketones is 1. The molecule has 0 spiro atoms. The molecule has 1 unspecified atom stereocenters. The molecule has 0 radical (unpaired) electrons. The van der Waals surface area contributed by atoms with Gasteiger partial charge in [-0.15, -0.1) is 0 Å². The van der Waals surface area contributed by atoms with Crippen LogP contribution in [0.5, 0.6) is 0 Å². The van der Waals surface area contributed by atoms with Crippen LogP contribution in [0.15, 0.2) is 24.3 Å². The van der Waals surface area contributed by atoms with E-state index in [1.165, 1.54) is 0 Å². The summed E-state index contributed by atoms with van der Waals surface area (Å²) in [6.07, 6.45) is 1.96. The number of carboxylic acids is 3. The number of hydrogen-bond acceptors (Lipinski definition) is 14. The van der Waals surface area contributed by atoms with Crippen molar-refractivity contribution >= 4 is 70.8 Å². The smallest absolute Gasteiger partial charge is 0.319 e. The maximum atomic E-state index is 13.8. The van der Waals surface area contributed by atoms with E-state index in [4.69, 9.17) is 0 Å². The summed E-state index contributed by atoms with van der Waals surface area (Å²) in [6.45, 7) is 9.16. The molecule has 23 heteroatoms. The van der Waals surface area contributed by atoms with Gasteiger partial charge in [0.1, 0.15) is 0 Å². The predicted octanol–water partition coefficient (Wildman–Crippen LogP) is 0.934. The summed E-state index contributed by atoms with van der Waals surface area (Å²) in [5.74, 6) is -4.38. The van der Waals surface area contributed by atoms with Crippen molar-refractivity contribution in [3.05, 3.63) is 29.8 Å². The van der Waals surface area contributed by atoms with E-state index in [2.05, 4.69) is 28.2 Å². The second kappa shape index (κ2) is 32.1. The number of aliphatic carboxylic acids is 3. The average Bonchev–Trinajstić information content (AvgIpc) is 3.51. The Balaban J connectivity index is 0.0000159. The zero-order valence-electron chi connectivity index (χ0n) is 39.7. The third-order valence-electron chi connectivity index (χ3n) is 11.9. The van der Waals surface area contributed by atoms with Gasteiger partial charge in [-0.2, -0.15) is 11.8 Å². The van der Waals surface area contributed by atoms with Crippen molar-refractivity contribution in [2.75, 3.05) is 108 Å². The number of anilines is 1. The maximum Gasteiger partial charge on any atom is 0.319 e. The number of carbonyl (C=O) groups is 9. The van der Waals surface area contributed by atoms with Crippen LogP contribution < -0.4 is 21.3 Å². The van der Waals surface area contributed by atoms with Crippen LogP contribution in [-0.2, 0) is 44.9 Å². The summed E-state index contributed by atoms with van der Waals surface area (Å²) in [7, 11) is 0. The molecular weight excluding hydrogens is 1050 g/mol. The number of thioether (sulfide) groups is 1. The van der Waals surface area contributed by atoms with E-state index in [1.54, 1.807) is 57.7 Å². The van der Waals surface area contributed by atoms with E-state index in [1.807, 2.05) is 18.7 Å². The van der Waals surface area contributed by atoms with Crippen molar-refractivity contribution in [1.29, 1.82) is 0 Å². The fourth-order valence-electron chi connectivity index (χ4n) is 7.74. The van der Waals surface area contributed by atoms with Crippen LogP contribution in [0.1, 0.15) is 65.4 Å². The molecule has 1 aromatic rings. The van der Waals surface area contributed by atoms with E-state index in [9.17, 15) is 58.5 Å². The van der Waals surface area contributed by atoms with Crippen molar-refractivity contribution in [2.24, 2.45) is 17.8 Å². The Kier molecular flexibility index (Phi) is 28.5. The molecular formula is C45H71GdN9O12S. The van der Waals surface area contributed by atoms with Crippen LogP contribution in [-0.4, -0.2) is 202 Å². The minimum absolute atomic E-state index is 0.